The molecular weight excluding hydrogens is 228 g/mol. The number of amidine groups is 1. The van der Waals surface area contributed by atoms with Gasteiger partial charge in [-0.25, -0.2) is 0 Å². The van der Waals surface area contributed by atoms with Crippen LogP contribution in [0, 0.1) is 0 Å². The summed E-state index contributed by atoms with van der Waals surface area (Å²) in [6.07, 6.45) is 1.68. The monoisotopic (exact) mass is 242 g/mol. The molecular formula is C13H14N4O. The zero-order valence-electron chi connectivity index (χ0n) is 9.99. The Balaban J connectivity index is 2.25. The van der Waals surface area contributed by atoms with Crippen LogP contribution in [-0.2, 0) is 0 Å². The molecule has 0 saturated carbocycles. The molecule has 1 aromatic heterocycles. The van der Waals surface area contributed by atoms with Gasteiger partial charge in [0.05, 0.1) is 11.9 Å². The van der Waals surface area contributed by atoms with Crippen molar-refractivity contribution in [3.05, 3.63) is 54.4 Å². The van der Waals surface area contributed by atoms with Gasteiger partial charge in [0.25, 0.3) is 0 Å². The summed E-state index contributed by atoms with van der Waals surface area (Å²) in [5.74, 6) is 0.00362. The van der Waals surface area contributed by atoms with E-state index in [1.807, 2.05) is 48.3 Å². The van der Waals surface area contributed by atoms with Crippen molar-refractivity contribution < 1.29 is 5.21 Å². The van der Waals surface area contributed by atoms with Crippen molar-refractivity contribution in [3.63, 3.8) is 0 Å². The van der Waals surface area contributed by atoms with Crippen molar-refractivity contribution in [2.45, 2.75) is 0 Å². The number of para-hydroxylation sites is 1. The third-order valence-corrected chi connectivity index (χ3v) is 2.65. The Bertz CT molecular complexity index is 537. The third kappa shape index (κ3) is 2.40. The van der Waals surface area contributed by atoms with Gasteiger partial charge in [-0.05, 0) is 24.3 Å². The number of rotatable bonds is 3. The second kappa shape index (κ2) is 5.18. The van der Waals surface area contributed by atoms with Crippen molar-refractivity contribution in [1.29, 1.82) is 0 Å². The molecule has 0 spiro atoms. The molecule has 0 aliphatic carbocycles. The normalized spacial score (nSPS) is 11.3. The van der Waals surface area contributed by atoms with Gasteiger partial charge in [-0.1, -0.05) is 23.4 Å². The zero-order chi connectivity index (χ0) is 13.0. The van der Waals surface area contributed by atoms with Crippen molar-refractivity contribution in [1.82, 2.24) is 4.98 Å². The highest BCUT2D eigenvalue weighted by Crippen LogP contribution is 2.21. The maximum Gasteiger partial charge on any atom is 0.188 e. The molecule has 2 rings (SSSR count). The number of hydrogen-bond acceptors (Lipinski definition) is 4. The molecule has 0 aliphatic rings. The molecule has 1 heterocycles. The van der Waals surface area contributed by atoms with E-state index in [4.69, 9.17) is 10.9 Å². The lowest BCUT2D eigenvalue weighted by Gasteiger charge is -2.19. The van der Waals surface area contributed by atoms with E-state index in [0.29, 0.717) is 5.69 Å². The molecule has 0 radical (unpaired) electrons. The molecule has 18 heavy (non-hydrogen) atoms. The van der Waals surface area contributed by atoms with E-state index in [0.717, 1.165) is 11.4 Å². The predicted octanol–water partition coefficient (Wildman–Crippen LogP) is 1.94. The number of anilines is 2. The largest absolute Gasteiger partial charge is 0.409 e. The Morgan fingerprint density at radius 1 is 1.17 bits per heavy atom. The van der Waals surface area contributed by atoms with Crippen LogP contribution in [0.5, 0.6) is 0 Å². The maximum atomic E-state index is 8.56. The first-order valence-corrected chi connectivity index (χ1v) is 5.45. The van der Waals surface area contributed by atoms with E-state index in [2.05, 4.69) is 10.1 Å². The highest BCUT2D eigenvalue weighted by molar-refractivity contribution is 5.95. The first-order valence-electron chi connectivity index (χ1n) is 5.45. The van der Waals surface area contributed by atoms with Crippen LogP contribution in [0.15, 0.2) is 53.8 Å². The lowest BCUT2D eigenvalue weighted by molar-refractivity contribution is 0.318. The van der Waals surface area contributed by atoms with Gasteiger partial charge in [0.2, 0.25) is 0 Å². The Morgan fingerprint density at radius 2 is 1.89 bits per heavy atom. The lowest BCUT2D eigenvalue weighted by Crippen LogP contribution is -2.16. The van der Waals surface area contributed by atoms with Gasteiger partial charge in [0.15, 0.2) is 5.84 Å². The zero-order valence-corrected chi connectivity index (χ0v) is 9.99. The van der Waals surface area contributed by atoms with E-state index in [1.165, 1.54) is 0 Å². The van der Waals surface area contributed by atoms with Gasteiger partial charge in [-0.3, -0.25) is 4.98 Å². The van der Waals surface area contributed by atoms with Crippen molar-refractivity contribution in [2.75, 3.05) is 11.9 Å². The SMILES string of the molecule is CN(c1ccccc1)c1ccc(/C(N)=N/O)nc1. The van der Waals surface area contributed by atoms with Crippen LogP contribution < -0.4 is 10.6 Å². The van der Waals surface area contributed by atoms with Crippen molar-refractivity contribution in [3.8, 4) is 0 Å². The number of pyridine rings is 1. The van der Waals surface area contributed by atoms with E-state index in [-0.39, 0.29) is 5.84 Å². The van der Waals surface area contributed by atoms with Gasteiger partial charge < -0.3 is 15.8 Å². The highest BCUT2D eigenvalue weighted by Gasteiger charge is 2.05. The predicted molar refractivity (Wildman–Crippen MR) is 71.3 cm³/mol. The van der Waals surface area contributed by atoms with Crippen LogP contribution in [0.2, 0.25) is 0 Å². The van der Waals surface area contributed by atoms with E-state index >= 15 is 0 Å². The quantitative estimate of drug-likeness (QED) is 0.373. The first kappa shape index (κ1) is 11.9. The van der Waals surface area contributed by atoms with Crippen LogP contribution in [0.1, 0.15) is 5.69 Å². The first-order chi connectivity index (χ1) is 8.72. The Morgan fingerprint density at radius 3 is 2.44 bits per heavy atom. The van der Waals surface area contributed by atoms with Gasteiger partial charge in [0.1, 0.15) is 5.69 Å². The average Bonchev–Trinajstić information content (AvgIpc) is 2.47. The van der Waals surface area contributed by atoms with E-state index in [1.54, 1.807) is 12.3 Å². The third-order valence-electron chi connectivity index (χ3n) is 2.65. The average molecular weight is 242 g/mol. The molecule has 0 fully saturated rings. The van der Waals surface area contributed by atoms with Crippen LogP contribution in [0.25, 0.3) is 0 Å². The highest BCUT2D eigenvalue weighted by atomic mass is 16.4. The minimum absolute atomic E-state index is 0.00362. The molecule has 0 saturated heterocycles. The van der Waals surface area contributed by atoms with Crippen LogP contribution in [-0.4, -0.2) is 23.1 Å². The summed E-state index contributed by atoms with van der Waals surface area (Å²) in [5.41, 5.74) is 7.89. The Hall–Kier alpha value is -2.56. The molecule has 1 aromatic carbocycles. The molecule has 0 atom stereocenters. The van der Waals surface area contributed by atoms with Gasteiger partial charge >= 0.3 is 0 Å². The second-order valence-electron chi connectivity index (χ2n) is 3.78. The number of oxime groups is 1. The smallest absolute Gasteiger partial charge is 0.188 e. The summed E-state index contributed by atoms with van der Waals surface area (Å²) < 4.78 is 0. The van der Waals surface area contributed by atoms with Crippen molar-refractivity contribution >= 4 is 17.2 Å². The van der Waals surface area contributed by atoms with Gasteiger partial charge in [-0.15, -0.1) is 0 Å². The number of nitrogens with two attached hydrogens (primary N) is 1. The summed E-state index contributed by atoms with van der Waals surface area (Å²) in [6.45, 7) is 0. The molecule has 0 unspecified atom stereocenters. The fraction of sp³-hybridized carbons (Fsp3) is 0.0769. The van der Waals surface area contributed by atoms with Gasteiger partial charge in [-0.2, -0.15) is 0 Å². The number of benzene rings is 1. The topological polar surface area (TPSA) is 74.7 Å². The summed E-state index contributed by atoms with van der Waals surface area (Å²) in [7, 11) is 1.95. The van der Waals surface area contributed by atoms with Crippen molar-refractivity contribution in [2.24, 2.45) is 10.9 Å². The summed E-state index contributed by atoms with van der Waals surface area (Å²) in [5, 5.41) is 11.5. The Labute approximate surface area is 105 Å². The van der Waals surface area contributed by atoms with E-state index < -0.39 is 0 Å². The summed E-state index contributed by atoms with van der Waals surface area (Å²) in [6, 6.07) is 13.5. The van der Waals surface area contributed by atoms with Crippen LogP contribution in [0.3, 0.4) is 0 Å². The Kier molecular flexibility index (Phi) is 3.43. The molecule has 0 amide bonds. The van der Waals surface area contributed by atoms with Gasteiger partial charge in [0, 0.05) is 12.7 Å². The number of nitrogens with zero attached hydrogens (tertiary/aromatic N) is 3. The summed E-state index contributed by atoms with van der Waals surface area (Å²) >= 11 is 0. The minimum Gasteiger partial charge on any atom is -0.409 e. The minimum atomic E-state index is 0.00362. The van der Waals surface area contributed by atoms with Crippen LogP contribution >= 0.6 is 0 Å². The lowest BCUT2D eigenvalue weighted by atomic mass is 10.2. The second-order valence-corrected chi connectivity index (χ2v) is 3.78. The fourth-order valence-corrected chi connectivity index (χ4v) is 1.59. The molecule has 5 nitrogen and oxygen atoms in total. The van der Waals surface area contributed by atoms with Crippen LogP contribution in [0.4, 0.5) is 11.4 Å². The molecule has 2 aromatic rings. The summed E-state index contributed by atoms with van der Waals surface area (Å²) in [4.78, 5) is 6.14. The standard InChI is InChI=1S/C13H14N4O/c1-17(10-5-3-2-4-6-10)11-7-8-12(15-9-11)13(14)16-18/h2-9,18H,1H3,(H2,14,16). The molecule has 92 valence electrons. The number of hydrogen-bond donors (Lipinski definition) is 2. The van der Waals surface area contributed by atoms with E-state index in [9.17, 15) is 0 Å². The fourth-order valence-electron chi connectivity index (χ4n) is 1.59. The maximum absolute atomic E-state index is 8.56. The molecule has 0 bridgehead atoms. The number of aromatic nitrogens is 1. The molecule has 5 heteroatoms. The molecule has 0 aliphatic heterocycles. The molecule has 3 N–H and O–H groups in total.